The molecule has 0 saturated carbocycles. The number of halogens is 8. The highest BCUT2D eigenvalue weighted by Gasteiger charge is 2.76. The Labute approximate surface area is 210 Å². The van der Waals surface area contributed by atoms with Gasteiger partial charge >= 0.3 is 18.0 Å². The first-order valence-electron chi connectivity index (χ1n) is 10.7. The highest BCUT2D eigenvalue weighted by Crippen LogP contribution is 2.59. The van der Waals surface area contributed by atoms with Crippen LogP contribution in [0.4, 0.5) is 35.1 Å². The monoisotopic (exact) mass is 541 g/mol. The zero-order valence-electron chi connectivity index (χ0n) is 18.9. The van der Waals surface area contributed by atoms with Crippen LogP contribution in [-0.2, 0) is 5.67 Å². The number of alkyl halides is 7. The molecule has 12 heteroatoms. The van der Waals surface area contributed by atoms with Crippen LogP contribution in [0.15, 0.2) is 91.0 Å². The molecule has 4 aromatic rings. The molecule has 0 amide bonds. The topological polar surface area (TPSA) is 40.6 Å². The average Bonchev–Trinajstić information content (AvgIpc) is 2.87. The maximum Gasteiger partial charge on any atom is 0.436 e. The van der Waals surface area contributed by atoms with Crippen LogP contribution in [0.1, 0.15) is 5.56 Å². The normalized spacial score (nSPS) is 12.2. The molecule has 0 N–H and O–H groups in total. The average molecular weight is 541 g/mol. The molecule has 1 heterocycles. The first-order chi connectivity index (χ1) is 17.9. The Morgan fingerprint density at radius 2 is 0.868 bits per heavy atom. The van der Waals surface area contributed by atoms with Gasteiger partial charge in [-0.05, 0) is 36.4 Å². The molecule has 3 aromatic carbocycles. The lowest BCUT2D eigenvalue weighted by atomic mass is 9.93. The summed E-state index contributed by atoms with van der Waals surface area (Å²) in [5.74, 6) is -7.20. The van der Waals surface area contributed by atoms with Gasteiger partial charge in [0.25, 0.3) is 11.8 Å². The van der Waals surface area contributed by atoms with Crippen molar-refractivity contribution in [2.45, 2.75) is 18.0 Å². The molecule has 38 heavy (non-hydrogen) atoms. The Morgan fingerprint density at radius 3 is 1.26 bits per heavy atom. The Bertz CT molecular complexity index is 1370. The van der Waals surface area contributed by atoms with E-state index in [2.05, 4.69) is 4.98 Å². The summed E-state index contributed by atoms with van der Waals surface area (Å²) in [5, 5.41) is 0. The summed E-state index contributed by atoms with van der Waals surface area (Å²) in [6.45, 7) is 0. The minimum Gasteiger partial charge on any atom is -0.451 e. The van der Waals surface area contributed by atoms with Crippen LogP contribution < -0.4 is 14.2 Å². The summed E-state index contributed by atoms with van der Waals surface area (Å²) in [6, 6.07) is 20.2. The molecule has 4 nitrogen and oxygen atoms in total. The van der Waals surface area contributed by atoms with Crippen molar-refractivity contribution in [2.75, 3.05) is 0 Å². The van der Waals surface area contributed by atoms with Gasteiger partial charge in [0.2, 0.25) is 0 Å². The van der Waals surface area contributed by atoms with Crippen molar-refractivity contribution in [3.8, 4) is 34.8 Å². The Kier molecular flexibility index (Phi) is 7.16. The highest BCUT2D eigenvalue weighted by molar-refractivity contribution is 5.54. The molecule has 0 unspecified atom stereocenters. The van der Waals surface area contributed by atoms with Gasteiger partial charge in [-0.15, -0.1) is 0 Å². The second-order valence-corrected chi connectivity index (χ2v) is 7.64. The van der Waals surface area contributed by atoms with Gasteiger partial charge in [0.05, 0.1) is 5.56 Å². The Balaban J connectivity index is 2.06. The third-order valence-electron chi connectivity index (χ3n) is 5.04. The van der Waals surface area contributed by atoms with Crippen LogP contribution in [0.5, 0.6) is 34.8 Å². The Hall–Kier alpha value is -4.35. The molecule has 0 radical (unpaired) electrons. The minimum absolute atomic E-state index is 0.135. The molecule has 0 aliphatic rings. The lowest BCUT2D eigenvalue weighted by molar-refractivity contribution is -0.349. The number of nitrogens with zero attached hydrogens (tertiary/aromatic N) is 1. The molecule has 0 aliphatic carbocycles. The molecule has 0 spiro atoms. The minimum atomic E-state index is -6.68. The third-order valence-corrected chi connectivity index (χ3v) is 5.04. The van der Waals surface area contributed by atoms with Crippen molar-refractivity contribution in [2.24, 2.45) is 0 Å². The van der Waals surface area contributed by atoms with E-state index in [0.717, 1.165) is 12.1 Å². The first-order valence-corrected chi connectivity index (χ1v) is 10.7. The van der Waals surface area contributed by atoms with Crippen LogP contribution in [0.25, 0.3) is 0 Å². The smallest absolute Gasteiger partial charge is 0.436 e. The molecule has 0 atom stereocenters. The van der Waals surface area contributed by atoms with E-state index < -0.39 is 46.9 Å². The number of ether oxygens (including phenoxy) is 3. The number of para-hydroxylation sites is 3. The number of benzene rings is 3. The zero-order valence-corrected chi connectivity index (χ0v) is 18.9. The van der Waals surface area contributed by atoms with E-state index in [-0.39, 0.29) is 17.2 Å². The van der Waals surface area contributed by atoms with Crippen molar-refractivity contribution in [1.29, 1.82) is 0 Å². The van der Waals surface area contributed by atoms with Crippen LogP contribution >= 0.6 is 0 Å². The maximum atomic E-state index is 15.6. The summed E-state index contributed by atoms with van der Waals surface area (Å²) in [4.78, 5) is 3.65. The van der Waals surface area contributed by atoms with Crippen molar-refractivity contribution < 1.29 is 49.3 Å². The molecular formula is C26H15F8NO3. The number of rotatable bonds is 7. The summed E-state index contributed by atoms with van der Waals surface area (Å²) >= 11 is 0. The number of hydrogen-bond donors (Lipinski definition) is 0. The highest BCUT2D eigenvalue weighted by atomic mass is 19.4. The standard InChI is InChI=1S/C26H15F8NO3/c27-20-19(24(28,25(29,30)31)26(32,33)34)21(36-16-10-4-1-5-11-16)23(38-18-14-8-3-9-15-18)35-22(20)37-17-12-6-2-7-13-17/h1-15H. The quantitative estimate of drug-likeness (QED) is 0.219. The van der Waals surface area contributed by atoms with Gasteiger partial charge in [-0.1, -0.05) is 54.6 Å². The van der Waals surface area contributed by atoms with Crippen molar-refractivity contribution >= 4 is 0 Å². The maximum absolute atomic E-state index is 15.6. The molecule has 0 fully saturated rings. The van der Waals surface area contributed by atoms with Crippen molar-refractivity contribution in [1.82, 2.24) is 4.98 Å². The van der Waals surface area contributed by atoms with Crippen molar-refractivity contribution in [3.63, 3.8) is 0 Å². The SMILES string of the molecule is Fc1c(Oc2ccccc2)nc(Oc2ccccc2)c(Oc2ccccc2)c1C(F)(C(F)(F)F)C(F)(F)F. The van der Waals surface area contributed by atoms with Gasteiger partial charge in [0, 0.05) is 0 Å². The van der Waals surface area contributed by atoms with E-state index in [9.17, 15) is 26.3 Å². The van der Waals surface area contributed by atoms with E-state index >= 15 is 8.78 Å². The van der Waals surface area contributed by atoms with Crippen LogP contribution in [-0.4, -0.2) is 17.3 Å². The van der Waals surface area contributed by atoms with Gasteiger partial charge in [-0.3, -0.25) is 0 Å². The lowest BCUT2D eigenvalue weighted by Crippen LogP contribution is -2.51. The van der Waals surface area contributed by atoms with Gasteiger partial charge in [-0.2, -0.15) is 31.3 Å². The number of pyridine rings is 1. The molecule has 1 aromatic heterocycles. The summed E-state index contributed by atoms with van der Waals surface area (Å²) in [5.41, 5.74) is -8.81. The summed E-state index contributed by atoms with van der Waals surface area (Å²) in [6.07, 6.45) is -13.4. The van der Waals surface area contributed by atoms with Gasteiger partial charge in [-0.25, -0.2) is 8.78 Å². The van der Waals surface area contributed by atoms with Gasteiger partial charge in [0.15, 0.2) is 11.6 Å². The fraction of sp³-hybridized carbons (Fsp3) is 0.115. The molecule has 0 saturated heterocycles. The van der Waals surface area contributed by atoms with E-state index in [0.29, 0.717) is 0 Å². The van der Waals surface area contributed by atoms with E-state index in [1.54, 1.807) is 6.07 Å². The first kappa shape index (κ1) is 26.7. The lowest BCUT2D eigenvalue weighted by Gasteiger charge is -2.32. The molecule has 0 bridgehead atoms. The molecule has 198 valence electrons. The second-order valence-electron chi connectivity index (χ2n) is 7.64. The van der Waals surface area contributed by atoms with Crippen LogP contribution in [0, 0.1) is 5.82 Å². The number of hydrogen-bond acceptors (Lipinski definition) is 4. The van der Waals surface area contributed by atoms with Crippen LogP contribution in [0.3, 0.4) is 0 Å². The van der Waals surface area contributed by atoms with E-state index in [1.807, 2.05) is 0 Å². The second kappa shape index (κ2) is 10.2. The van der Waals surface area contributed by atoms with Gasteiger partial charge < -0.3 is 14.2 Å². The largest absolute Gasteiger partial charge is 0.451 e. The predicted octanol–water partition coefficient (Wildman–Crippen LogP) is 8.89. The summed E-state index contributed by atoms with van der Waals surface area (Å²) in [7, 11) is 0. The molecular weight excluding hydrogens is 526 g/mol. The fourth-order valence-corrected chi connectivity index (χ4v) is 3.30. The summed E-state index contributed by atoms with van der Waals surface area (Å²) < 4.78 is 130. The Morgan fingerprint density at radius 1 is 0.500 bits per heavy atom. The van der Waals surface area contributed by atoms with Crippen LogP contribution in [0.2, 0.25) is 0 Å². The van der Waals surface area contributed by atoms with E-state index in [4.69, 9.17) is 14.2 Å². The fourth-order valence-electron chi connectivity index (χ4n) is 3.30. The van der Waals surface area contributed by atoms with Gasteiger partial charge in [0.1, 0.15) is 17.2 Å². The van der Waals surface area contributed by atoms with Crippen molar-refractivity contribution in [3.05, 3.63) is 102 Å². The predicted molar refractivity (Wildman–Crippen MR) is 119 cm³/mol. The van der Waals surface area contributed by atoms with E-state index in [1.165, 1.54) is 72.8 Å². The molecule has 0 aliphatic heterocycles. The third kappa shape index (κ3) is 5.20. The molecule has 4 rings (SSSR count). The number of aromatic nitrogens is 1. The zero-order chi connectivity index (χ0) is 27.6.